The van der Waals surface area contributed by atoms with Gasteiger partial charge in [0.25, 0.3) is 15.9 Å². The van der Waals surface area contributed by atoms with Gasteiger partial charge in [-0.1, -0.05) is 54.6 Å². The van der Waals surface area contributed by atoms with Crippen molar-refractivity contribution in [3.05, 3.63) is 146 Å². The first kappa shape index (κ1) is 40.9. The van der Waals surface area contributed by atoms with E-state index in [-0.39, 0.29) is 23.2 Å². The van der Waals surface area contributed by atoms with E-state index in [1.807, 2.05) is 74.7 Å². The number of sulfonamides is 1. The molecule has 8 rings (SSSR count). The van der Waals surface area contributed by atoms with Crippen LogP contribution in [0.5, 0.6) is 0 Å². The number of anilines is 1. The molecule has 4 heterocycles. The number of nitrogens with zero attached hydrogens (tertiary/aromatic N) is 5. The predicted molar refractivity (Wildman–Crippen MR) is 236 cm³/mol. The molecule has 0 aliphatic carbocycles. The molecule has 1 amide bonds. The third kappa shape index (κ3) is 7.49. The number of benzene rings is 4. The Morgan fingerprint density at radius 3 is 2.33 bits per heavy atom. The Bertz CT molecular complexity index is 3080. The van der Waals surface area contributed by atoms with Crippen LogP contribution in [0.25, 0.3) is 27.0 Å². The molecule has 0 unspecified atom stereocenters. The van der Waals surface area contributed by atoms with E-state index in [9.17, 15) is 23.3 Å². The maximum atomic E-state index is 13.6. The highest BCUT2D eigenvalue weighted by Crippen LogP contribution is 2.40. The van der Waals surface area contributed by atoms with Crippen LogP contribution < -0.4 is 10.0 Å². The first-order valence-corrected chi connectivity index (χ1v) is 21.8. The molecule has 2 atom stereocenters. The van der Waals surface area contributed by atoms with Crippen LogP contribution in [-0.2, 0) is 19.6 Å². The number of aliphatic imine (C=N–C) groups is 1. The van der Waals surface area contributed by atoms with Gasteiger partial charge in [-0.15, -0.1) is 21.5 Å². The van der Waals surface area contributed by atoms with E-state index in [2.05, 4.69) is 45.1 Å². The van der Waals surface area contributed by atoms with Crippen LogP contribution in [0.15, 0.2) is 94.9 Å². The molecule has 3 aromatic heterocycles. The van der Waals surface area contributed by atoms with Crippen molar-refractivity contribution in [3.8, 4) is 22.2 Å². The van der Waals surface area contributed by atoms with Crippen LogP contribution in [0.2, 0.25) is 0 Å². The van der Waals surface area contributed by atoms with Gasteiger partial charge in [0, 0.05) is 33.2 Å². The molecule has 15 heteroatoms. The number of esters is 1. The molecule has 61 heavy (non-hydrogen) atoms. The van der Waals surface area contributed by atoms with Crippen LogP contribution in [0.1, 0.15) is 91.3 Å². The van der Waals surface area contributed by atoms with Crippen molar-refractivity contribution in [2.45, 2.75) is 64.9 Å². The van der Waals surface area contributed by atoms with E-state index in [1.165, 1.54) is 19.2 Å². The Morgan fingerprint density at radius 1 is 0.934 bits per heavy atom. The van der Waals surface area contributed by atoms with Crippen LogP contribution in [0, 0.1) is 45.9 Å². The number of carbonyl (C=O) groups excluding carboxylic acids is 2. The number of aryl methyl sites for hydroxylation is 4. The minimum absolute atomic E-state index is 0.0230. The second-order valence-corrected chi connectivity index (χ2v) is 18.0. The van der Waals surface area contributed by atoms with E-state index in [4.69, 9.17) is 9.73 Å². The van der Waals surface area contributed by atoms with E-state index < -0.39 is 22.1 Å². The molecule has 1 aliphatic rings. The first-order valence-electron chi connectivity index (χ1n) is 19.5. The Labute approximate surface area is 357 Å². The maximum absolute atomic E-state index is 13.6. The first-order chi connectivity index (χ1) is 29.2. The Morgan fingerprint density at radius 2 is 1.64 bits per heavy atom. The van der Waals surface area contributed by atoms with Gasteiger partial charge in [-0.3, -0.25) is 23.9 Å². The summed E-state index contributed by atoms with van der Waals surface area (Å²) in [7, 11) is -2.60. The number of rotatable bonds is 10. The standard InChI is InChI=1S/C46H42N8O5S2/c1-24-8-19-37(43-40(24)34(22-47)23-48-43)53-61(57,58)35-16-13-30(14-17-35)27(4)49-45(56)36-18-15-33(20-25(36)2)31-9-11-32(12-10-31)42-41-26(3)28(5)60-46(41)54-29(6)51-52-44(54)38(50-42)21-39(55)59-7/h8-20,23,27,38,48,53H,21H2,1-7H3,(H,49,56)/t27-,38+/m1/s1. The number of H-pyrrole nitrogens is 1. The second kappa shape index (κ2) is 15.9. The van der Waals surface area contributed by atoms with Crippen LogP contribution in [0.3, 0.4) is 0 Å². The quantitative estimate of drug-likeness (QED) is 0.114. The summed E-state index contributed by atoms with van der Waals surface area (Å²) in [6.45, 7) is 11.7. The summed E-state index contributed by atoms with van der Waals surface area (Å²) < 4.78 is 36.4. The Balaban J connectivity index is 0.980. The van der Waals surface area contributed by atoms with Crippen molar-refractivity contribution >= 4 is 55.5 Å². The molecule has 308 valence electrons. The van der Waals surface area contributed by atoms with Gasteiger partial charge >= 0.3 is 5.97 Å². The molecule has 0 saturated heterocycles. The van der Waals surface area contributed by atoms with Crippen LogP contribution in [0.4, 0.5) is 5.69 Å². The smallest absolute Gasteiger partial charge is 0.308 e. The summed E-state index contributed by atoms with van der Waals surface area (Å²) in [5.41, 5.74) is 9.84. The highest BCUT2D eigenvalue weighted by molar-refractivity contribution is 7.92. The summed E-state index contributed by atoms with van der Waals surface area (Å²) in [6, 6.07) is 24.7. The van der Waals surface area contributed by atoms with Gasteiger partial charge < -0.3 is 15.0 Å². The lowest BCUT2D eigenvalue weighted by Crippen LogP contribution is -2.27. The van der Waals surface area contributed by atoms with Gasteiger partial charge in [-0.05, 0) is 99.2 Å². The molecule has 1 aliphatic heterocycles. The zero-order valence-electron chi connectivity index (χ0n) is 34.5. The van der Waals surface area contributed by atoms with E-state index >= 15 is 0 Å². The third-order valence-corrected chi connectivity index (χ3v) is 13.8. The number of hydrogen-bond donors (Lipinski definition) is 3. The monoisotopic (exact) mass is 850 g/mol. The lowest BCUT2D eigenvalue weighted by Gasteiger charge is -2.17. The summed E-state index contributed by atoms with van der Waals surface area (Å²) in [5.74, 6) is 0.666. The molecule has 0 radical (unpaired) electrons. The number of nitriles is 1. The minimum Gasteiger partial charge on any atom is -0.469 e. The molecule has 3 N–H and O–H groups in total. The SMILES string of the molecule is COC(=O)C[C@@H]1N=C(c2ccc(-c3ccc(C(=O)N[C@H](C)c4ccc(S(=O)(=O)Nc5ccc(C)c6c(C#N)c[nH]c56)cc4)c(C)c3)cc2)c2c(sc(C)c2C)-n2c(C)nnc21. The largest absolute Gasteiger partial charge is 0.469 e. The zero-order chi connectivity index (χ0) is 43.3. The molecular formula is C46H42N8O5S2. The molecule has 0 saturated carbocycles. The number of aromatic nitrogens is 4. The number of nitrogens with one attached hydrogen (secondary N) is 3. The lowest BCUT2D eigenvalue weighted by atomic mass is 9.95. The molecule has 0 fully saturated rings. The average molecular weight is 851 g/mol. The molecule has 7 aromatic rings. The number of fused-ring (bicyclic) bond motifs is 4. The number of carbonyl (C=O) groups is 2. The van der Waals surface area contributed by atoms with Crippen molar-refractivity contribution in [2.24, 2.45) is 4.99 Å². The molecule has 0 spiro atoms. The summed E-state index contributed by atoms with van der Waals surface area (Å²) in [6.07, 6.45) is 1.59. The predicted octanol–water partition coefficient (Wildman–Crippen LogP) is 8.64. The van der Waals surface area contributed by atoms with Gasteiger partial charge in [0.2, 0.25) is 0 Å². The zero-order valence-corrected chi connectivity index (χ0v) is 36.2. The summed E-state index contributed by atoms with van der Waals surface area (Å²) in [5, 5.41) is 22.9. The number of amides is 1. The normalized spacial score (nSPS) is 14.0. The molecular weight excluding hydrogens is 809 g/mol. The fraction of sp³-hybridized carbons (Fsp3) is 0.217. The lowest BCUT2D eigenvalue weighted by molar-refractivity contribution is -0.141. The molecule has 0 bridgehead atoms. The summed E-state index contributed by atoms with van der Waals surface area (Å²) in [4.78, 5) is 35.5. The van der Waals surface area contributed by atoms with Gasteiger partial charge in [0.15, 0.2) is 5.82 Å². The minimum atomic E-state index is -3.96. The summed E-state index contributed by atoms with van der Waals surface area (Å²) >= 11 is 1.65. The van der Waals surface area contributed by atoms with Crippen molar-refractivity contribution in [1.29, 1.82) is 5.26 Å². The molecule has 4 aromatic carbocycles. The Hall–Kier alpha value is -6.89. The van der Waals surface area contributed by atoms with Crippen molar-refractivity contribution < 1.29 is 22.7 Å². The van der Waals surface area contributed by atoms with E-state index in [0.717, 1.165) is 60.1 Å². The highest BCUT2D eigenvalue weighted by atomic mass is 32.2. The van der Waals surface area contributed by atoms with Gasteiger partial charge in [0.05, 0.1) is 46.9 Å². The number of methoxy groups -OCH3 is 1. The average Bonchev–Trinajstić information content (AvgIpc) is 3.92. The fourth-order valence-electron chi connectivity index (χ4n) is 7.78. The van der Waals surface area contributed by atoms with Gasteiger partial charge in [0.1, 0.15) is 22.9 Å². The van der Waals surface area contributed by atoms with Crippen LogP contribution >= 0.6 is 11.3 Å². The highest BCUT2D eigenvalue weighted by Gasteiger charge is 2.33. The van der Waals surface area contributed by atoms with Crippen molar-refractivity contribution in [2.75, 3.05) is 11.8 Å². The third-order valence-electron chi connectivity index (χ3n) is 11.2. The van der Waals surface area contributed by atoms with Gasteiger partial charge in [-0.25, -0.2) is 8.42 Å². The molecule has 13 nitrogen and oxygen atoms in total. The van der Waals surface area contributed by atoms with Crippen LogP contribution in [-0.4, -0.2) is 52.9 Å². The van der Waals surface area contributed by atoms with Crippen molar-refractivity contribution in [1.82, 2.24) is 25.1 Å². The maximum Gasteiger partial charge on any atom is 0.308 e. The Kier molecular flexibility index (Phi) is 10.7. The van der Waals surface area contributed by atoms with Gasteiger partial charge in [-0.2, -0.15) is 5.26 Å². The van der Waals surface area contributed by atoms with Crippen molar-refractivity contribution in [3.63, 3.8) is 0 Å². The number of aromatic amines is 1. The number of hydrogen-bond acceptors (Lipinski definition) is 10. The number of ether oxygens (including phenoxy) is 1. The van der Waals surface area contributed by atoms with E-state index in [1.54, 1.807) is 41.8 Å². The second-order valence-electron chi connectivity index (χ2n) is 15.1. The fourth-order valence-corrected chi connectivity index (χ4v) is 10.1. The van der Waals surface area contributed by atoms with E-state index in [0.29, 0.717) is 39.4 Å². The topological polar surface area (TPSA) is 184 Å². The number of thiophene rings is 1.